The Kier molecular flexibility index (Phi) is 3.84. The lowest BCUT2D eigenvalue weighted by atomic mass is 10.2. The molecular formula is C14H13ClN2S. The number of nitrogens with two attached hydrogens (primary N) is 1. The summed E-state index contributed by atoms with van der Waals surface area (Å²) in [7, 11) is 0. The predicted octanol–water partition coefficient (Wildman–Crippen LogP) is 4.03. The van der Waals surface area contributed by atoms with Gasteiger partial charge in [0, 0.05) is 11.3 Å². The third kappa shape index (κ3) is 3.00. The molecule has 2 nitrogen and oxygen atoms in total. The molecule has 0 heterocycles. The van der Waals surface area contributed by atoms with Gasteiger partial charge in [0.1, 0.15) is 4.99 Å². The minimum Gasteiger partial charge on any atom is -0.389 e. The van der Waals surface area contributed by atoms with Gasteiger partial charge in [0.25, 0.3) is 0 Å². The summed E-state index contributed by atoms with van der Waals surface area (Å²) < 4.78 is 0. The summed E-state index contributed by atoms with van der Waals surface area (Å²) in [5, 5.41) is 3.96. The van der Waals surface area contributed by atoms with Crippen LogP contribution in [0.4, 0.5) is 11.4 Å². The van der Waals surface area contributed by atoms with Crippen LogP contribution < -0.4 is 11.1 Å². The molecule has 0 radical (unpaired) electrons. The Morgan fingerprint density at radius 3 is 2.44 bits per heavy atom. The lowest BCUT2D eigenvalue weighted by molar-refractivity contribution is 1.45. The Morgan fingerprint density at radius 2 is 1.83 bits per heavy atom. The van der Waals surface area contributed by atoms with Crippen molar-refractivity contribution in [3.8, 4) is 0 Å². The van der Waals surface area contributed by atoms with Crippen molar-refractivity contribution >= 4 is 40.2 Å². The lowest BCUT2D eigenvalue weighted by Crippen LogP contribution is -2.08. The Hall–Kier alpha value is -1.58. The molecule has 0 unspecified atom stereocenters. The van der Waals surface area contributed by atoms with E-state index < -0.39 is 0 Å². The first kappa shape index (κ1) is 12.9. The topological polar surface area (TPSA) is 38.0 Å². The Labute approximate surface area is 117 Å². The van der Waals surface area contributed by atoms with E-state index in [9.17, 15) is 0 Å². The van der Waals surface area contributed by atoms with Crippen LogP contribution in [0.5, 0.6) is 0 Å². The van der Waals surface area contributed by atoms with Crippen LogP contribution >= 0.6 is 23.8 Å². The first-order valence-electron chi connectivity index (χ1n) is 5.49. The van der Waals surface area contributed by atoms with Crippen LogP contribution in [0.25, 0.3) is 0 Å². The van der Waals surface area contributed by atoms with E-state index in [-0.39, 0.29) is 0 Å². The fraction of sp³-hybridized carbons (Fsp3) is 0.0714. The first-order valence-corrected chi connectivity index (χ1v) is 6.28. The smallest absolute Gasteiger partial charge is 0.103 e. The quantitative estimate of drug-likeness (QED) is 0.832. The van der Waals surface area contributed by atoms with Crippen molar-refractivity contribution < 1.29 is 0 Å². The predicted molar refractivity (Wildman–Crippen MR) is 81.8 cm³/mol. The van der Waals surface area contributed by atoms with Gasteiger partial charge in [-0.1, -0.05) is 29.9 Å². The molecule has 4 heteroatoms. The molecule has 2 aromatic carbocycles. The van der Waals surface area contributed by atoms with E-state index in [1.54, 1.807) is 0 Å². The molecule has 0 atom stereocenters. The number of hydrogen-bond donors (Lipinski definition) is 2. The van der Waals surface area contributed by atoms with Crippen molar-refractivity contribution in [3.05, 3.63) is 58.6 Å². The third-order valence-electron chi connectivity index (χ3n) is 2.57. The first-order chi connectivity index (χ1) is 8.56. The number of nitrogens with one attached hydrogen (secondary N) is 1. The molecular weight excluding hydrogens is 264 g/mol. The van der Waals surface area contributed by atoms with Crippen LogP contribution in [0, 0.1) is 6.92 Å². The maximum Gasteiger partial charge on any atom is 0.103 e. The standard InChI is InChI=1S/C14H13ClN2S/c1-9-2-7-12(15)13(8-9)17-11-5-3-10(4-6-11)14(16)18/h2-8,17H,1H3,(H2,16,18). The lowest BCUT2D eigenvalue weighted by Gasteiger charge is -2.09. The number of anilines is 2. The average molecular weight is 277 g/mol. The zero-order valence-corrected chi connectivity index (χ0v) is 11.5. The molecule has 2 aromatic rings. The normalized spacial score (nSPS) is 10.1. The second kappa shape index (κ2) is 5.38. The number of hydrogen-bond acceptors (Lipinski definition) is 2. The van der Waals surface area contributed by atoms with Crippen molar-refractivity contribution in [1.29, 1.82) is 0 Å². The Balaban J connectivity index is 2.23. The summed E-state index contributed by atoms with van der Waals surface area (Å²) in [5.74, 6) is 0. The van der Waals surface area contributed by atoms with Crippen LogP contribution in [0.15, 0.2) is 42.5 Å². The number of rotatable bonds is 3. The second-order valence-electron chi connectivity index (χ2n) is 4.05. The molecule has 0 saturated heterocycles. The van der Waals surface area contributed by atoms with Gasteiger partial charge in [-0.2, -0.15) is 0 Å². The van der Waals surface area contributed by atoms with Gasteiger partial charge < -0.3 is 11.1 Å². The zero-order valence-electron chi connectivity index (χ0n) is 9.91. The molecule has 3 N–H and O–H groups in total. The van der Waals surface area contributed by atoms with Crippen molar-refractivity contribution in [2.45, 2.75) is 6.92 Å². The van der Waals surface area contributed by atoms with Crippen LogP contribution in [-0.4, -0.2) is 4.99 Å². The molecule has 0 bridgehead atoms. The minimum absolute atomic E-state index is 0.398. The maximum absolute atomic E-state index is 6.12. The molecule has 0 amide bonds. The summed E-state index contributed by atoms with van der Waals surface area (Å²) in [6.07, 6.45) is 0. The van der Waals surface area contributed by atoms with Crippen LogP contribution in [0.1, 0.15) is 11.1 Å². The number of benzene rings is 2. The van der Waals surface area contributed by atoms with E-state index in [1.165, 1.54) is 0 Å². The molecule has 0 aliphatic heterocycles. The van der Waals surface area contributed by atoms with Gasteiger partial charge in [0.15, 0.2) is 0 Å². The molecule has 0 aromatic heterocycles. The number of halogens is 1. The van der Waals surface area contributed by atoms with Crippen LogP contribution in [0.2, 0.25) is 5.02 Å². The molecule has 18 heavy (non-hydrogen) atoms. The highest BCUT2D eigenvalue weighted by molar-refractivity contribution is 7.80. The summed E-state index contributed by atoms with van der Waals surface area (Å²) >= 11 is 11.0. The maximum atomic E-state index is 6.12. The largest absolute Gasteiger partial charge is 0.389 e. The van der Waals surface area contributed by atoms with Gasteiger partial charge in [-0.25, -0.2) is 0 Å². The van der Waals surface area contributed by atoms with Crippen LogP contribution in [-0.2, 0) is 0 Å². The van der Waals surface area contributed by atoms with E-state index in [0.717, 1.165) is 22.5 Å². The van der Waals surface area contributed by atoms with E-state index in [2.05, 4.69) is 5.32 Å². The Bertz CT molecular complexity index is 579. The highest BCUT2D eigenvalue weighted by Gasteiger charge is 2.02. The number of thiocarbonyl (C=S) groups is 1. The molecule has 0 aliphatic carbocycles. The van der Waals surface area contributed by atoms with E-state index in [1.807, 2.05) is 49.4 Å². The van der Waals surface area contributed by atoms with Gasteiger partial charge in [0.2, 0.25) is 0 Å². The van der Waals surface area contributed by atoms with Crippen molar-refractivity contribution in [3.63, 3.8) is 0 Å². The minimum atomic E-state index is 0.398. The highest BCUT2D eigenvalue weighted by Crippen LogP contribution is 2.26. The summed E-state index contributed by atoms with van der Waals surface area (Å²) in [6, 6.07) is 13.5. The van der Waals surface area contributed by atoms with E-state index >= 15 is 0 Å². The number of aryl methyl sites for hydroxylation is 1. The van der Waals surface area contributed by atoms with Crippen molar-refractivity contribution in [1.82, 2.24) is 0 Å². The summed E-state index contributed by atoms with van der Waals surface area (Å²) in [4.78, 5) is 0.398. The summed E-state index contributed by atoms with van der Waals surface area (Å²) in [6.45, 7) is 2.03. The SMILES string of the molecule is Cc1ccc(Cl)c(Nc2ccc(C(N)=S)cc2)c1. The van der Waals surface area contributed by atoms with Gasteiger partial charge in [-0.15, -0.1) is 0 Å². The van der Waals surface area contributed by atoms with Gasteiger partial charge in [-0.05, 0) is 48.9 Å². The third-order valence-corrected chi connectivity index (χ3v) is 3.14. The fourth-order valence-electron chi connectivity index (χ4n) is 1.61. The molecule has 0 saturated carbocycles. The molecule has 2 rings (SSSR count). The fourth-order valence-corrected chi connectivity index (χ4v) is 1.91. The molecule has 92 valence electrons. The second-order valence-corrected chi connectivity index (χ2v) is 4.90. The van der Waals surface area contributed by atoms with Gasteiger partial charge in [-0.3, -0.25) is 0 Å². The average Bonchev–Trinajstić information content (AvgIpc) is 2.34. The molecule has 0 fully saturated rings. The van der Waals surface area contributed by atoms with Gasteiger partial charge in [0.05, 0.1) is 10.7 Å². The van der Waals surface area contributed by atoms with E-state index in [4.69, 9.17) is 29.6 Å². The molecule has 0 spiro atoms. The zero-order chi connectivity index (χ0) is 13.1. The van der Waals surface area contributed by atoms with Crippen molar-refractivity contribution in [2.24, 2.45) is 5.73 Å². The van der Waals surface area contributed by atoms with Gasteiger partial charge >= 0.3 is 0 Å². The molecule has 0 aliphatic rings. The van der Waals surface area contributed by atoms with Crippen molar-refractivity contribution in [2.75, 3.05) is 5.32 Å². The van der Waals surface area contributed by atoms with Crippen LogP contribution in [0.3, 0.4) is 0 Å². The highest BCUT2D eigenvalue weighted by atomic mass is 35.5. The summed E-state index contributed by atoms with van der Waals surface area (Å²) in [5.41, 5.74) is 9.39. The van der Waals surface area contributed by atoms with E-state index in [0.29, 0.717) is 10.0 Å². The monoisotopic (exact) mass is 276 g/mol. The Morgan fingerprint density at radius 1 is 1.17 bits per heavy atom.